The lowest BCUT2D eigenvalue weighted by molar-refractivity contribution is -0.0586. The number of carbonyl (C=O) groups is 1. The Labute approximate surface area is 112 Å². The minimum atomic E-state index is 0.0142. The van der Waals surface area contributed by atoms with Crippen LogP contribution in [-0.2, 0) is 4.74 Å². The summed E-state index contributed by atoms with van der Waals surface area (Å²) in [5.74, 6) is 1.35. The molecule has 1 aromatic carbocycles. The van der Waals surface area contributed by atoms with Gasteiger partial charge in [-0.25, -0.2) is 0 Å². The zero-order valence-corrected chi connectivity index (χ0v) is 11.1. The molecule has 5 heteroatoms. The lowest BCUT2D eigenvalue weighted by Gasteiger charge is -2.35. The molecule has 0 aromatic heterocycles. The van der Waals surface area contributed by atoms with Crippen molar-refractivity contribution in [3.63, 3.8) is 0 Å². The molecule has 0 saturated carbocycles. The van der Waals surface area contributed by atoms with E-state index in [-0.39, 0.29) is 24.9 Å². The van der Waals surface area contributed by atoms with Gasteiger partial charge in [0.1, 0.15) is 0 Å². The fourth-order valence-electron chi connectivity index (χ4n) is 2.56. The van der Waals surface area contributed by atoms with Gasteiger partial charge in [0.05, 0.1) is 12.2 Å². The highest BCUT2D eigenvalue weighted by Gasteiger charge is 2.27. The highest BCUT2D eigenvalue weighted by Crippen LogP contribution is 2.33. The van der Waals surface area contributed by atoms with E-state index in [1.54, 1.807) is 18.2 Å². The molecule has 2 heterocycles. The summed E-state index contributed by atoms with van der Waals surface area (Å²) in [6.45, 7) is 5.43. The van der Waals surface area contributed by atoms with E-state index in [2.05, 4.69) is 0 Å². The van der Waals surface area contributed by atoms with E-state index < -0.39 is 0 Å². The molecule has 0 radical (unpaired) electrons. The van der Waals surface area contributed by atoms with Crippen LogP contribution in [0.4, 0.5) is 0 Å². The zero-order chi connectivity index (χ0) is 13.4. The minimum absolute atomic E-state index is 0.0142. The summed E-state index contributed by atoms with van der Waals surface area (Å²) in [5, 5.41) is 0. The highest BCUT2D eigenvalue weighted by atomic mass is 16.7. The Balaban J connectivity index is 1.80. The average molecular weight is 263 g/mol. The summed E-state index contributed by atoms with van der Waals surface area (Å²) in [7, 11) is 0. The van der Waals surface area contributed by atoms with Gasteiger partial charge in [-0.3, -0.25) is 4.79 Å². The molecular weight excluding hydrogens is 246 g/mol. The van der Waals surface area contributed by atoms with Gasteiger partial charge >= 0.3 is 0 Å². The van der Waals surface area contributed by atoms with E-state index in [4.69, 9.17) is 14.2 Å². The van der Waals surface area contributed by atoms with E-state index in [1.165, 1.54) is 0 Å². The van der Waals surface area contributed by atoms with Gasteiger partial charge in [-0.05, 0) is 32.0 Å². The number of fused-ring (bicyclic) bond motifs is 1. The van der Waals surface area contributed by atoms with Crippen molar-refractivity contribution in [2.45, 2.75) is 26.1 Å². The Bertz CT molecular complexity index is 492. The van der Waals surface area contributed by atoms with E-state index in [0.29, 0.717) is 30.2 Å². The lowest BCUT2D eigenvalue weighted by atomic mass is 10.1. The van der Waals surface area contributed by atoms with Crippen LogP contribution in [0.15, 0.2) is 18.2 Å². The zero-order valence-electron chi connectivity index (χ0n) is 11.1. The number of ether oxygens (including phenoxy) is 3. The second kappa shape index (κ2) is 4.74. The number of benzene rings is 1. The summed E-state index contributed by atoms with van der Waals surface area (Å²) in [5.41, 5.74) is 0.630. The molecule has 2 atom stereocenters. The maximum Gasteiger partial charge on any atom is 0.254 e. The molecule has 2 aliphatic rings. The van der Waals surface area contributed by atoms with Gasteiger partial charge in [0.25, 0.3) is 5.91 Å². The van der Waals surface area contributed by atoms with Crippen LogP contribution in [0.3, 0.4) is 0 Å². The normalized spacial score (nSPS) is 25.5. The van der Waals surface area contributed by atoms with Gasteiger partial charge < -0.3 is 19.1 Å². The molecular formula is C14H17NO4. The van der Waals surface area contributed by atoms with Gasteiger partial charge in [-0.1, -0.05) is 0 Å². The molecule has 2 aliphatic heterocycles. The van der Waals surface area contributed by atoms with Gasteiger partial charge in [0.2, 0.25) is 6.79 Å². The monoisotopic (exact) mass is 263 g/mol. The van der Waals surface area contributed by atoms with Crippen LogP contribution in [0.2, 0.25) is 0 Å². The fraction of sp³-hybridized carbons (Fsp3) is 0.500. The van der Waals surface area contributed by atoms with Crippen LogP contribution in [0, 0.1) is 0 Å². The molecule has 3 rings (SSSR count). The van der Waals surface area contributed by atoms with Crippen molar-refractivity contribution < 1.29 is 19.0 Å². The summed E-state index contributed by atoms with van der Waals surface area (Å²) in [6, 6.07) is 5.30. The molecule has 1 amide bonds. The third kappa shape index (κ3) is 2.38. The van der Waals surface area contributed by atoms with Crippen LogP contribution >= 0.6 is 0 Å². The van der Waals surface area contributed by atoms with Crippen LogP contribution in [0.1, 0.15) is 24.2 Å². The SMILES string of the molecule is C[C@@H]1CN(C(=O)c2ccc3c(c2)OCO3)C[C@@H](C)O1. The van der Waals surface area contributed by atoms with Crippen LogP contribution in [0.5, 0.6) is 11.5 Å². The van der Waals surface area contributed by atoms with Crippen LogP contribution < -0.4 is 9.47 Å². The molecule has 0 aliphatic carbocycles. The molecule has 0 spiro atoms. The predicted octanol–water partition coefficient (Wildman–Crippen LogP) is 1.66. The Morgan fingerprint density at radius 1 is 1.16 bits per heavy atom. The van der Waals surface area contributed by atoms with E-state index in [1.807, 2.05) is 18.7 Å². The first-order chi connectivity index (χ1) is 9.13. The van der Waals surface area contributed by atoms with Gasteiger partial charge in [0.15, 0.2) is 11.5 Å². The molecule has 102 valence electrons. The topological polar surface area (TPSA) is 48.0 Å². The van der Waals surface area contributed by atoms with Crippen LogP contribution in [0.25, 0.3) is 0 Å². The number of amides is 1. The maximum atomic E-state index is 12.5. The molecule has 5 nitrogen and oxygen atoms in total. The molecule has 1 fully saturated rings. The first kappa shape index (κ1) is 12.3. The van der Waals surface area contributed by atoms with E-state index >= 15 is 0 Å². The lowest BCUT2D eigenvalue weighted by Crippen LogP contribution is -2.48. The molecule has 0 N–H and O–H groups in total. The van der Waals surface area contributed by atoms with Crippen LogP contribution in [-0.4, -0.2) is 42.9 Å². The molecule has 1 aromatic rings. The smallest absolute Gasteiger partial charge is 0.254 e. The number of hydrogen-bond donors (Lipinski definition) is 0. The Morgan fingerprint density at radius 2 is 1.84 bits per heavy atom. The van der Waals surface area contributed by atoms with Crippen molar-refractivity contribution in [1.29, 1.82) is 0 Å². The average Bonchev–Trinajstić information content (AvgIpc) is 2.83. The largest absolute Gasteiger partial charge is 0.454 e. The Kier molecular flexibility index (Phi) is 3.06. The van der Waals surface area contributed by atoms with Gasteiger partial charge in [0, 0.05) is 18.7 Å². The number of nitrogens with zero attached hydrogens (tertiary/aromatic N) is 1. The summed E-state index contributed by atoms with van der Waals surface area (Å²) in [4.78, 5) is 14.3. The van der Waals surface area contributed by atoms with Crippen molar-refractivity contribution in [3.05, 3.63) is 23.8 Å². The molecule has 1 saturated heterocycles. The Morgan fingerprint density at radius 3 is 2.58 bits per heavy atom. The third-order valence-corrected chi connectivity index (χ3v) is 3.33. The van der Waals surface area contributed by atoms with E-state index in [0.717, 1.165) is 0 Å². The maximum absolute atomic E-state index is 12.5. The minimum Gasteiger partial charge on any atom is -0.454 e. The van der Waals surface area contributed by atoms with Crippen molar-refractivity contribution in [2.75, 3.05) is 19.9 Å². The highest BCUT2D eigenvalue weighted by molar-refractivity contribution is 5.95. The van der Waals surface area contributed by atoms with Gasteiger partial charge in [-0.2, -0.15) is 0 Å². The number of carbonyl (C=O) groups excluding carboxylic acids is 1. The Hall–Kier alpha value is -1.75. The molecule has 0 unspecified atom stereocenters. The quantitative estimate of drug-likeness (QED) is 0.773. The summed E-state index contributed by atoms with van der Waals surface area (Å²) >= 11 is 0. The van der Waals surface area contributed by atoms with Crippen molar-refractivity contribution >= 4 is 5.91 Å². The first-order valence-corrected chi connectivity index (χ1v) is 6.48. The number of hydrogen-bond acceptors (Lipinski definition) is 4. The number of rotatable bonds is 1. The van der Waals surface area contributed by atoms with E-state index in [9.17, 15) is 4.79 Å². The second-order valence-corrected chi connectivity index (χ2v) is 5.04. The van der Waals surface area contributed by atoms with Crippen molar-refractivity contribution in [2.24, 2.45) is 0 Å². The number of morpholine rings is 1. The van der Waals surface area contributed by atoms with Crippen molar-refractivity contribution in [1.82, 2.24) is 4.90 Å². The molecule has 0 bridgehead atoms. The second-order valence-electron chi connectivity index (χ2n) is 5.04. The van der Waals surface area contributed by atoms with Crippen molar-refractivity contribution in [3.8, 4) is 11.5 Å². The predicted molar refractivity (Wildman–Crippen MR) is 68.5 cm³/mol. The van der Waals surface area contributed by atoms with Gasteiger partial charge in [-0.15, -0.1) is 0 Å². The standard InChI is InChI=1S/C14H17NO4/c1-9-6-15(7-10(2)19-9)14(16)11-3-4-12-13(5-11)18-8-17-12/h3-5,9-10H,6-8H2,1-2H3/t9-,10-/m1/s1. The fourth-order valence-corrected chi connectivity index (χ4v) is 2.56. The third-order valence-electron chi connectivity index (χ3n) is 3.33. The molecule has 19 heavy (non-hydrogen) atoms. The summed E-state index contributed by atoms with van der Waals surface area (Å²) < 4.78 is 16.2. The first-order valence-electron chi connectivity index (χ1n) is 6.48. The summed E-state index contributed by atoms with van der Waals surface area (Å²) in [6.07, 6.45) is 0.142.